The number of nitrogens with one attached hydrogen (secondary N) is 1. The second-order valence-corrected chi connectivity index (χ2v) is 6.58. The standard InChI is InChI=1S/C22H20N2O3/c25-21(23-14-20-6-3-13-27-20)17-7-9-18(10-8-17)22(26)24-12-11-16-4-1-2-5-19(16)15-24/h1-10,13H,11-12,14-15H2,(H,23,25). The fourth-order valence-corrected chi connectivity index (χ4v) is 3.30. The minimum Gasteiger partial charge on any atom is -0.467 e. The number of amides is 2. The summed E-state index contributed by atoms with van der Waals surface area (Å²) in [6.45, 7) is 1.67. The van der Waals surface area contributed by atoms with Crippen molar-refractivity contribution in [3.8, 4) is 0 Å². The van der Waals surface area contributed by atoms with Gasteiger partial charge in [-0.2, -0.15) is 0 Å². The second kappa shape index (κ2) is 7.50. The summed E-state index contributed by atoms with van der Waals surface area (Å²) in [5.41, 5.74) is 3.62. The number of rotatable bonds is 4. The number of carbonyl (C=O) groups is 2. The Bertz CT molecular complexity index is 946. The highest BCUT2D eigenvalue weighted by Crippen LogP contribution is 2.20. The lowest BCUT2D eigenvalue weighted by molar-refractivity contribution is 0.0734. The van der Waals surface area contributed by atoms with Crippen molar-refractivity contribution in [1.29, 1.82) is 0 Å². The molecular weight excluding hydrogens is 340 g/mol. The van der Waals surface area contributed by atoms with Gasteiger partial charge in [-0.05, 0) is 53.9 Å². The molecule has 1 aromatic heterocycles. The largest absolute Gasteiger partial charge is 0.467 e. The lowest BCUT2D eigenvalue weighted by atomic mass is 9.99. The number of nitrogens with zero attached hydrogens (tertiary/aromatic N) is 1. The summed E-state index contributed by atoms with van der Waals surface area (Å²) < 4.78 is 5.20. The zero-order chi connectivity index (χ0) is 18.6. The lowest BCUT2D eigenvalue weighted by Gasteiger charge is -2.29. The van der Waals surface area contributed by atoms with Gasteiger partial charge in [-0.3, -0.25) is 9.59 Å². The van der Waals surface area contributed by atoms with Crippen molar-refractivity contribution >= 4 is 11.8 Å². The van der Waals surface area contributed by atoms with E-state index in [1.807, 2.05) is 17.0 Å². The van der Waals surface area contributed by atoms with E-state index in [-0.39, 0.29) is 11.8 Å². The highest BCUT2D eigenvalue weighted by atomic mass is 16.3. The number of hydrogen-bond donors (Lipinski definition) is 1. The van der Waals surface area contributed by atoms with Gasteiger partial charge in [-0.15, -0.1) is 0 Å². The van der Waals surface area contributed by atoms with Gasteiger partial charge in [-0.1, -0.05) is 24.3 Å². The molecule has 2 amide bonds. The zero-order valence-corrected chi connectivity index (χ0v) is 14.9. The minimum atomic E-state index is -0.197. The van der Waals surface area contributed by atoms with E-state index in [0.29, 0.717) is 36.5 Å². The molecule has 136 valence electrons. The topological polar surface area (TPSA) is 62.6 Å². The molecule has 0 spiro atoms. The van der Waals surface area contributed by atoms with Gasteiger partial charge >= 0.3 is 0 Å². The molecule has 3 aromatic rings. The van der Waals surface area contributed by atoms with Crippen LogP contribution in [-0.2, 0) is 19.5 Å². The third-order valence-corrected chi connectivity index (χ3v) is 4.82. The van der Waals surface area contributed by atoms with E-state index < -0.39 is 0 Å². The lowest BCUT2D eigenvalue weighted by Crippen LogP contribution is -2.35. The van der Waals surface area contributed by atoms with Gasteiger partial charge in [0, 0.05) is 24.2 Å². The van der Waals surface area contributed by atoms with Crippen molar-refractivity contribution in [2.24, 2.45) is 0 Å². The maximum Gasteiger partial charge on any atom is 0.254 e. The number of carbonyl (C=O) groups excluding carboxylic acids is 2. The molecule has 0 unspecified atom stereocenters. The Morgan fingerprint density at radius 3 is 2.41 bits per heavy atom. The molecule has 0 radical (unpaired) electrons. The van der Waals surface area contributed by atoms with Gasteiger partial charge in [0.25, 0.3) is 11.8 Å². The van der Waals surface area contributed by atoms with Crippen LogP contribution in [-0.4, -0.2) is 23.3 Å². The molecule has 5 nitrogen and oxygen atoms in total. The molecule has 0 saturated heterocycles. The molecule has 0 aliphatic carbocycles. The predicted octanol–water partition coefficient (Wildman–Crippen LogP) is 3.41. The van der Waals surface area contributed by atoms with Crippen molar-refractivity contribution in [1.82, 2.24) is 10.2 Å². The smallest absolute Gasteiger partial charge is 0.254 e. The molecule has 0 fully saturated rings. The first-order chi connectivity index (χ1) is 13.2. The van der Waals surface area contributed by atoms with Crippen LogP contribution in [0.2, 0.25) is 0 Å². The first-order valence-corrected chi connectivity index (χ1v) is 8.97. The number of benzene rings is 2. The maximum atomic E-state index is 12.8. The van der Waals surface area contributed by atoms with Crippen LogP contribution in [0.4, 0.5) is 0 Å². The monoisotopic (exact) mass is 360 g/mol. The van der Waals surface area contributed by atoms with E-state index in [2.05, 4.69) is 17.4 Å². The summed E-state index contributed by atoms with van der Waals surface area (Å²) in [5, 5.41) is 2.80. The fraction of sp³-hybridized carbons (Fsp3) is 0.182. The fourth-order valence-electron chi connectivity index (χ4n) is 3.30. The average Bonchev–Trinajstić information content (AvgIpc) is 3.25. The van der Waals surface area contributed by atoms with Crippen LogP contribution in [0.15, 0.2) is 71.3 Å². The first kappa shape index (κ1) is 17.1. The van der Waals surface area contributed by atoms with E-state index in [1.54, 1.807) is 42.7 Å². The predicted molar refractivity (Wildman–Crippen MR) is 101 cm³/mol. The number of furan rings is 1. The molecule has 1 aliphatic heterocycles. The second-order valence-electron chi connectivity index (χ2n) is 6.58. The minimum absolute atomic E-state index is 0.00736. The molecule has 1 aliphatic rings. The SMILES string of the molecule is O=C(NCc1ccco1)c1ccc(C(=O)N2CCc3ccccc3C2)cc1. The average molecular weight is 360 g/mol. The summed E-state index contributed by atoms with van der Waals surface area (Å²) in [7, 11) is 0. The number of hydrogen-bond acceptors (Lipinski definition) is 3. The van der Waals surface area contributed by atoms with Crippen LogP contribution in [0.1, 0.15) is 37.6 Å². The van der Waals surface area contributed by atoms with Crippen molar-refractivity contribution in [2.45, 2.75) is 19.5 Å². The molecule has 0 bridgehead atoms. The molecule has 27 heavy (non-hydrogen) atoms. The van der Waals surface area contributed by atoms with Crippen LogP contribution < -0.4 is 5.32 Å². The van der Waals surface area contributed by atoms with Gasteiger partial charge in [0.2, 0.25) is 0 Å². The van der Waals surface area contributed by atoms with E-state index in [1.165, 1.54) is 11.1 Å². The molecule has 0 atom stereocenters. The van der Waals surface area contributed by atoms with Gasteiger partial charge in [-0.25, -0.2) is 0 Å². The summed E-state index contributed by atoms with van der Waals surface area (Å²) in [4.78, 5) is 26.9. The summed E-state index contributed by atoms with van der Waals surface area (Å²) in [5.74, 6) is 0.491. The van der Waals surface area contributed by atoms with Crippen LogP contribution in [0.5, 0.6) is 0 Å². The summed E-state index contributed by atoms with van der Waals surface area (Å²) >= 11 is 0. The highest BCUT2D eigenvalue weighted by molar-refractivity contribution is 5.97. The molecular formula is C22H20N2O3. The Kier molecular flexibility index (Phi) is 4.75. The van der Waals surface area contributed by atoms with Gasteiger partial charge in [0.1, 0.15) is 5.76 Å². The molecule has 2 aromatic carbocycles. The van der Waals surface area contributed by atoms with Crippen LogP contribution >= 0.6 is 0 Å². The normalized spacial score (nSPS) is 13.1. The highest BCUT2D eigenvalue weighted by Gasteiger charge is 2.21. The Morgan fingerprint density at radius 2 is 1.67 bits per heavy atom. The summed E-state index contributed by atoms with van der Waals surface area (Å²) in [6.07, 6.45) is 2.44. The van der Waals surface area contributed by atoms with E-state index in [0.717, 1.165) is 6.42 Å². The van der Waals surface area contributed by atoms with E-state index in [4.69, 9.17) is 4.42 Å². The number of fused-ring (bicyclic) bond motifs is 1. The van der Waals surface area contributed by atoms with Crippen molar-refractivity contribution < 1.29 is 14.0 Å². The zero-order valence-electron chi connectivity index (χ0n) is 14.9. The van der Waals surface area contributed by atoms with Crippen molar-refractivity contribution in [3.63, 3.8) is 0 Å². The first-order valence-electron chi connectivity index (χ1n) is 8.97. The van der Waals surface area contributed by atoms with Crippen molar-refractivity contribution in [3.05, 3.63) is 94.9 Å². The van der Waals surface area contributed by atoms with Gasteiger partial charge in [0.05, 0.1) is 12.8 Å². The maximum absolute atomic E-state index is 12.8. The van der Waals surface area contributed by atoms with Gasteiger partial charge in [0.15, 0.2) is 0 Å². The Labute approximate surface area is 157 Å². The van der Waals surface area contributed by atoms with Crippen LogP contribution in [0.3, 0.4) is 0 Å². The van der Waals surface area contributed by atoms with E-state index >= 15 is 0 Å². The third kappa shape index (κ3) is 3.77. The van der Waals surface area contributed by atoms with Crippen molar-refractivity contribution in [2.75, 3.05) is 6.54 Å². The molecule has 5 heteroatoms. The van der Waals surface area contributed by atoms with Crippen LogP contribution in [0, 0.1) is 0 Å². The Hall–Kier alpha value is -3.34. The molecule has 4 rings (SSSR count). The molecule has 0 saturated carbocycles. The summed E-state index contributed by atoms with van der Waals surface area (Å²) in [6, 6.07) is 18.6. The Morgan fingerprint density at radius 1 is 0.926 bits per heavy atom. The van der Waals surface area contributed by atoms with Crippen LogP contribution in [0.25, 0.3) is 0 Å². The molecule has 2 heterocycles. The third-order valence-electron chi connectivity index (χ3n) is 4.82. The molecule has 1 N–H and O–H groups in total. The van der Waals surface area contributed by atoms with E-state index in [9.17, 15) is 9.59 Å². The quantitative estimate of drug-likeness (QED) is 0.776. The van der Waals surface area contributed by atoms with Gasteiger partial charge < -0.3 is 14.6 Å². The Balaban J connectivity index is 1.40.